The third kappa shape index (κ3) is 6.04. The Morgan fingerprint density at radius 1 is 0.897 bits per heavy atom. The van der Waals surface area contributed by atoms with E-state index in [0.29, 0.717) is 28.4 Å². The maximum atomic E-state index is 13.3. The third-order valence-corrected chi connectivity index (χ3v) is 7.03. The molecule has 0 aliphatic heterocycles. The van der Waals surface area contributed by atoms with Crippen LogP contribution in [-0.2, 0) is 0 Å². The van der Waals surface area contributed by atoms with Gasteiger partial charge in [-0.2, -0.15) is 0 Å². The summed E-state index contributed by atoms with van der Waals surface area (Å²) in [5.41, 5.74) is 3.51. The summed E-state index contributed by atoms with van der Waals surface area (Å²) in [6.07, 6.45) is 8.07. The van der Waals surface area contributed by atoms with Crippen LogP contribution in [0.4, 0.5) is 10.1 Å². The molecule has 196 valence electrons. The second-order valence-corrected chi connectivity index (χ2v) is 9.58. The van der Waals surface area contributed by atoms with E-state index < -0.39 is 10.9 Å². The molecule has 0 spiro atoms. The highest BCUT2D eigenvalue weighted by Gasteiger charge is 2.19. The van der Waals surface area contributed by atoms with Gasteiger partial charge < -0.3 is 9.84 Å². The Balaban J connectivity index is 1.39. The zero-order chi connectivity index (χ0) is 27.4. The summed E-state index contributed by atoms with van der Waals surface area (Å²) in [5, 5.41) is 21.5. The largest absolute Gasteiger partial charge is 0.478 e. The molecule has 0 bridgehead atoms. The molecule has 0 heterocycles. The van der Waals surface area contributed by atoms with Crippen LogP contribution in [0, 0.1) is 15.9 Å². The molecule has 4 aromatic rings. The number of ether oxygens (including phenoxy) is 1. The van der Waals surface area contributed by atoms with Crippen molar-refractivity contribution >= 4 is 23.8 Å². The van der Waals surface area contributed by atoms with Crippen molar-refractivity contribution in [1.29, 1.82) is 0 Å². The lowest BCUT2D eigenvalue weighted by Crippen LogP contribution is -1.99. The molecule has 4 aromatic carbocycles. The second-order valence-electron chi connectivity index (χ2n) is 9.58. The predicted molar refractivity (Wildman–Crippen MR) is 149 cm³/mol. The van der Waals surface area contributed by atoms with Crippen LogP contribution in [0.25, 0.3) is 23.3 Å². The van der Waals surface area contributed by atoms with Crippen molar-refractivity contribution in [2.45, 2.75) is 31.6 Å². The summed E-state index contributed by atoms with van der Waals surface area (Å²) in [5.74, 6) is -0.259. The monoisotopic (exact) mass is 523 g/mol. The number of carbonyl (C=O) groups is 1. The van der Waals surface area contributed by atoms with Crippen LogP contribution < -0.4 is 4.74 Å². The van der Waals surface area contributed by atoms with Crippen LogP contribution in [0.5, 0.6) is 11.5 Å². The fourth-order valence-electron chi connectivity index (χ4n) is 4.96. The van der Waals surface area contributed by atoms with Crippen LogP contribution in [0.15, 0.2) is 84.9 Å². The number of carboxylic acid groups (broad SMARTS) is 1. The molecular weight excluding hydrogens is 497 g/mol. The van der Waals surface area contributed by atoms with Crippen LogP contribution in [-0.4, -0.2) is 16.0 Å². The van der Waals surface area contributed by atoms with Gasteiger partial charge in [0.2, 0.25) is 5.75 Å². The summed E-state index contributed by atoms with van der Waals surface area (Å²) in [6.45, 7) is 0. The number of nitro groups is 1. The van der Waals surface area contributed by atoms with E-state index in [-0.39, 0.29) is 22.8 Å². The fourth-order valence-corrected chi connectivity index (χ4v) is 4.96. The first-order valence-electron chi connectivity index (χ1n) is 12.7. The summed E-state index contributed by atoms with van der Waals surface area (Å²) >= 11 is 0. The minimum Gasteiger partial charge on any atom is -0.478 e. The molecule has 0 aromatic heterocycles. The molecule has 0 radical (unpaired) electrons. The van der Waals surface area contributed by atoms with E-state index >= 15 is 0 Å². The molecule has 39 heavy (non-hydrogen) atoms. The molecule has 0 unspecified atom stereocenters. The Bertz CT molecular complexity index is 1540. The van der Waals surface area contributed by atoms with Gasteiger partial charge in [0.1, 0.15) is 11.6 Å². The smallest absolute Gasteiger partial charge is 0.336 e. The van der Waals surface area contributed by atoms with Gasteiger partial charge in [-0.25, -0.2) is 9.18 Å². The normalized spacial score (nSPS) is 13.6. The van der Waals surface area contributed by atoms with Crippen molar-refractivity contribution < 1.29 is 24.0 Å². The number of nitro benzene ring substituents is 1. The molecule has 0 saturated heterocycles. The third-order valence-electron chi connectivity index (χ3n) is 7.03. The van der Waals surface area contributed by atoms with Gasteiger partial charge in [-0.1, -0.05) is 61.4 Å². The number of nitrogens with zero attached hydrogens (tertiary/aromatic N) is 1. The Morgan fingerprint density at radius 3 is 2.26 bits per heavy atom. The van der Waals surface area contributed by atoms with Crippen molar-refractivity contribution in [3.05, 3.63) is 123 Å². The summed E-state index contributed by atoms with van der Waals surface area (Å²) in [6, 6.07) is 23.1. The van der Waals surface area contributed by atoms with Crippen molar-refractivity contribution in [1.82, 2.24) is 0 Å². The molecule has 1 saturated carbocycles. The Morgan fingerprint density at radius 2 is 1.59 bits per heavy atom. The van der Waals surface area contributed by atoms with Crippen molar-refractivity contribution in [3.63, 3.8) is 0 Å². The zero-order valence-corrected chi connectivity index (χ0v) is 21.0. The average molecular weight is 524 g/mol. The van der Waals surface area contributed by atoms with Gasteiger partial charge in [-0.15, -0.1) is 0 Å². The van der Waals surface area contributed by atoms with Gasteiger partial charge in [0, 0.05) is 6.07 Å². The standard InChI is InChI=1S/C32H26FNO5/c33-27-13-8-24(9-14-27)25-12-17-29(32(35)36)26(20-25)7-5-21-6-18-31(30(19-21)34(37)38)39-28-15-10-23(11-16-28)22-3-1-2-4-22/h5-20,22H,1-4H2,(H,35,36). The zero-order valence-electron chi connectivity index (χ0n) is 21.0. The van der Waals surface area contributed by atoms with Gasteiger partial charge in [-0.05, 0) is 89.0 Å². The maximum absolute atomic E-state index is 13.3. The molecular formula is C32H26FNO5. The molecule has 1 aliphatic rings. The summed E-state index contributed by atoms with van der Waals surface area (Å²) in [7, 11) is 0. The lowest BCUT2D eigenvalue weighted by Gasteiger charge is -2.11. The number of halogens is 1. The molecule has 0 atom stereocenters. The second kappa shape index (κ2) is 11.3. The first kappa shape index (κ1) is 25.9. The number of carboxylic acids is 1. The van der Waals surface area contributed by atoms with Crippen LogP contribution in [0.2, 0.25) is 0 Å². The van der Waals surface area contributed by atoms with Gasteiger partial charge in [0.25, 0.3) is 0 Å². The van der Waals surface area contributed by atoms with Crippen molar-refractivity contribution in [2.24, 2.45) is 0 Å². The van der Waals surface area contributed by atoms with Gasteiger partial charge >= 0.3 is 11.7 Å². The lowest BCUT2D eigenvalue weighted by atomic mass is 9.98. The Labute approximate surface area is 225 Å². The molecule has 1 aliphatic carbocycles. The van der Waals surface area contributed by atoms with E-state index in [2.05, 4.69) is 0 Å². The first-order valence-corrected chi connectivity index (χ1v) is 12.7. The van der Waals surface area contributed by atoms with E-state index in [1.165, 1.54) is 61.6 Å². The minimum atomic E-state index is -1.10. The van der Waals surface area contributed by atoms with Gasteiger partial charge in [0.15, 0.2) is 0 Å². The van der Waals surface area contributed by atoms with Crippen molar-refractivity contribution in [3.8, 4) is 22.6 Å². The lowest BCUT2D eigenvalue weighted by molar-refractivity contribution is -0.385. The average Bonchev–Trinajstić information content (AvgIpc) is 3.48. The van der Waals surface area contributed by atoms with E-state index in [4.69, 9.17) is 4.74 Å². The summed E-state index contributed by atoms with van der Waals surface area (Å²) in [4.78, 5) is 23.1. The number of benzene rings is 4. The van der Waals surface area contributed by atoms with E-state index in [9.17, 15) is 24.4 Å². The quantitative estimate of drug-likeness (QED) is 0.142. The molecule has 1 fully saturated rings. The molecule has 1 N–H and O–H groups in total. The van der Waals surface area contributed by atoms with E-state index in [1.54, 1.807) is 42.5 Å². The van der Waals surface area contributed by atoms with Gasteiger partial charge in [0.05, 0.1) is 10.5 Å². The number of aromatic carboxylic acids is 1. The van der Waals surface area contributed by atoms with Crippen LogP contribution >= 0.6 is 0 Å². The highest BCUT2D eigenvalue weighted by molar-refractivity contribution is 5.94. The first-order chi connectivity index (χ1) is 18.9. The molecule has 6 nitrogen and oxygen atoms in total. The van der Waals surface area contributed by atoms with Crippen LogP contribution in [0.1, 0.15) is 58.6 Å². The SMILES string of the molecule is O=C(O)c1ccc(-c2ccc(F)cc2)cc1C=Cc1ccc(Oc2ccc(C3CCCC3)cc2)c([N+](=O)[O-])c1. The maximum Gasteiger partial charge on any atom is 0.336 e. The molecule has 5 rings (SSSR count). The van der Waals surface area contributed by atoms with E-state index in [1.807, 2.05) is 24.3 Å². The van der Waals surface area contributed by atoms with E-state index in [0.717, 1.165) is 5.56 Å². The van der Waals surface area contributed by atoms with Crippen molar-refractivity contribution in [2.75, 3.05) is 0 Å². The highest BCUT2D eigenvalue weighted by atomic mass is 19.1. The van der Waals surface area contributed by atoms with Crippen LogP contribution in [0.3, 0.4) is 0 Å². The number of rotatable bonds is 8. The minimum absolute atomic E-state index is 0.0765. The number of hydrogen-bond acceptors (Lipinski definition) is 4. The molecule has 0 amide bonds. The predicted octanol–water partition coefficient (Wildman–Crippen LogP) is 8.72. The Hall–Kier alpha value is -4.78. The Kier molecular flexibility index (Phi) is 7.50. The topological polar surface area (TPSA) is 89.7 Å². The molecule has 7 heteroatoms. The summed E-state index contributed by atoms with van der Waals surface area (Å²) < 4.78 is 19.2. The highest BCUT2D eigenvalue weighted by Crippen LogP contribution is 2.37. The number of hydrogen-bond donors (Lipinski definition) is 1. The van der Waals surface area contributed by atoms with Gasteiger partial charge in [-0.3, -0.25) is 10.1 Å². The fraction of sp³-hybridized carbons (Fsp3) is 0.156.